The third-order valence-electron chi connectivity index (χ3n) is 3.35. The van der Waals surface area contributed by atoms with Gasteiger partial charge in [-0.1, -0.05) is 17.7 Å². The molecule has 18 heavy (non-hydrogen) atoms. The quantitative estimate of drug-likeness (QED) is 0.773. The fourth-order valence-electron chi connectivity index (χ4n) is 2.22. The Morgan fingerprint density at radius 2 is 2.06 bits per heavy atom. The van der Waals surface area contributed by atoms with Crippen LogP contribution < -0.4 is 4.90 Å². The van der Waals surface area contributed by atoms with Crippen LogP contribution in [0.4, 0.5) is 5.69 Å². The van der Waals surface area contributed by atoms with Crippen molar-refractivity contribution in [2.75, 3.05) is 11.4 Å². The molecule has 0 bridgehead atoms. The Morgan fingerprint density at radius 3 is 2.50 bits per heavy atom. The van der Waals surface area contributed by atoms with Crippen molar-refractivity contribution >= 4 is 34.8 Å². The lowest BCUT2D eigenvalue weighted by Crippen LogP contribution is -2.33. The van der Waals surface area contributed by atoms with Crippen LogP contribution in [0.5, 0.6) is 0 Å². The van der Waals surface area contributed by atoms with Crippen LogP contribution >= 0.6 is 23.2 Å². The Hall–Kier alpha value is -0.730. The lowest BCUT2D eigenvalue weighted by molar-refractivity contribution is -0.119. The predicted molar refractivity (Wildman–Crippen MR) is 76.5 cm³/mol. The number of halogens is 2. The molecule has 0 saturated heterocycles. The first-order valence-electron chi connectivity index (χ1n) is 6.13. The van der Waals surface area contributed by atoms with Crippen LogP contribution in [-0.4, -0.2) is 16.8 Å². The van der Waals surface area contributed by atoms with Crippen LogP contribution in [0.1, 0.15) is 24.5 Å². The van der Waals surface area contributed by atoms with Crippen molar-refractivity contribution in [2.24, 2.45) is 5.92 Å². The van der Waals surface area contributed by atoms with Crippen LogP contribution in [0.2, 0.25) is 0 Å². The number of amides is 1. The van der Waals surface area contributed by atoms with Crippen LogP contribution in [0.15, 0.2) is 18.2 Å². The van der Waals surface area contributed by atoms with Crippen LogP contribution in [-0.2, 0) is 4.79 Å². The maximum Gasteiger partial charge on any atom is 0.233 e. The van der Waals surface area contributed by atoms with Gasteiger partial charge in [0, 0.05) is 12.2 Å². The summed E-state index contributed by atoms with van der Waals surface area (Å²) in [5, 5.41) is 0. The zero-order valence-electron chi connectivity index (χ0n) is 10.8. The monoisotopic (exact) mass is 285 g/mol. The topological polar surface area (TPSA) is 20.3 Å². The van der Waals surface area contributed by atoms with E-state index in [1.807, 2.05) is 32.9 Å². The second-order valence-electron chi connectivity index (χ2n) is 4.89. The Morgan fingerprint density at radius 1 is 1.44 bits per heavy atom. The molecule has 1 fully saturated rings. The molecule has 1 unspecified atom stereocenters. The van der Waals surface area contributed by atoms with Gasteiger partial charge < -0.3 is 4.90 Å². The van der Waals surface area contributed by atoms with E-state index in [0.29, 0.717) is 13.0 Å². The second kappa shape index (κ2) is 4.75. The SMILES string of the molecule is CCN(C(=O)C1CC1(Cl)Cl)c1ccc(C)cc1C. The van der Waals surface area contributed by atoms with E-state index in [2.05, 4.69) is 6.07 Å². The molecule has 2 nitrogen and oxygen atoms in total. The van der Waals surface area contributed by atoms with E-state index in [0.717, 1.165) is 11.3 Å². The highest BCUT2D eigenvalue weighted by atomic mass is 35.5. The number of hydrogen-bond donors (Lipinski definition) is 0. The summed E-state index contributed by atoms with van der Waals surface area (Å²) in [5.41, 5.74) is 3.24. The second-order valence-corrected chi connectivity index (χ2v) is 6.43. The molecule has 0 spiro atoms. The van der Waals surface area contributed by atoms with Gasteiger partial charge in [0.1, 0.15) is 4.33 Å². The van der Waals surface area contributed by atoms with E-state index in [1.165, 1.54) is 5.56 Å². The third kappa shape index (κ3) is 2.50. The highest BCUT2D eigenvalue weighted by molar-refractivity contribution is 6.52. The van der Waals surface area contributed by atoms with Gasteiger partial charge in [-0.2, -0.15) is 0 Å². The molecule has 98 valence electrons. The molecule has 1 aromatic rings. The summed E-state index contributed by atoms with van der Waals surface area (Å²) in [4.78, 5) is 14.1. The molecule has 2 rings (SSSR count). The molecule has 1 atom stereocenters. The summed E-state index contributed by atoms with van der Waals surface area (Å²) in [6.45, 7) is 6.64. The lowest BCUT2D eigenvalue weighted by Gasteiger charge is -2.23. The summed E-state index contributed by atoms with van der Waals surface area (Å²) in [7, 11) is 0. The van der Waals surface area contributed by atoms with Crippen molar-refractivity contribution in [3.8, 4) is 0 Å². The van der Waals surface area contributed by atoms with E-state index in [4.69, 9.17) is 23.2 Å². The van der Waals surface area contributed by atoms with Crippen LogP contribution in [0, 0.1) is 19.8 Å². The summed E-state index contributed by atoms with van der Waals surface area (Å²) >= 11 is 11.9. The Balaban J connectivity index is 2.26. The van der Waals surface area contributed by atoms with Crippen molar-refractivity contribution in [1.29, 1.82) is 0 Å². The van der Waals surface area contributed by atoms with Crippen molar-refractivity contribution < 1.29 is 4.79 Å². The minimum atomic E-state index is -0.858. The van der Waals surface area contributed by atoms with Gasteiger partial charge in [0.05, 0.1) is 5.92 Å². The van der Waals surface area contributed by atoms with Gasteiger partial charge in [0.2, 0.25) is 5.91 Å². The number of rotatable bonds is 3. The fraction of sp³-hybridized carbons (Fsp3) is 0.500. The Kier molecular flexibility index (Phi) is 3.61. The summed E-state index contributed by atoms with van der Waals surface area (Å²) in [6, 6.07) is 6.07. The van der Waals surface area contributed by atoms with E-state index >= 15 is 0 Å². The molecule has 0 aliphatic heterocycles. The van der Waals surface area contributed by atoms with Crippen molar-refractivity contribution in [1.82, 2.24) is 0 Å². The Bertz CT molecular complexity index is 485. The molecule has 0 radical (unpaired) electrons. The molecule has 0 heterocycles. The molecule has 1 aromatic carbocycles. The van der Waals surface area contributed by atoms with Gasteiger partial charge in [-0.25, -0.2) is 0 Å². The van der Waals surface area contributed by atoms with E-state index in [1.54, 1.807) is 4.90 Å². The van der Waals surface area contributed by atoms with Gasteiger partial charge in [0.15, 0.2) is 0 Å². The molecule has 1 aliphatic rings. The highest BCUT2D eigenvalue weighted by Gasteiger charge is 2.57. The number of alkyl halides is 2. The number of benzene rings is 1. The minimum Gasteiger partial charge on any atom is -0.312 e. The highest BCUT2D eigenvalue weighted by Crippen LogP contribution is 2.54. The molecule has 0 N–H and O–H groups in total. The van der Waals surface area contributed by atoms with Gasteiger partial charge in [-0.15, -0.1) is 23.2 Å². The Labute approximate surface area is 118 Å². The van der Waals surface area contributed by atoms with Crippen LogP contribution in [0.3, 0.4) is 0 Å². The standard InChI is InChI=1S/C14H17Cl2NO/c1-4-17(13(18)11-8-14(11,15)16)12-6-5-9(2)7-10(12)3/h5-7,11H,4,8H2,1-3H3. The molecule has 0 aromatic heterocycles. The number of anilines is 1. The van der Waals surface area contributed by atoms with Crippen molar-refractivity contribution in [3.63, 3.8) is 0 Å². The first-order valence-corrected chi connectivity index (χ1v) is 6.89. The van der Waals surface area contributed by atoms with Gasteiger partial charge in [-0.3, -0.25) is 4.79 Å². The van der Waals surface area contributed by atoms with E-state index < -0.39 is 4.33 Å². The normalized spacial score (nSPS) is 20.6. The average Bonchev–Trinajstić information content (AvgIpc) is 2.91. The molecule has 4 heteroatoms. The van der Waals surface area contributed by atoms with Crippen LogP contribution in [0.25, 0.3) is 0 Å². The maximum absolute atomic E-state index is 12.3. The lowest BCUT2D eigenvalue weighted by atomic mass is 10.1. The zero-order valence-corrected chi connectivity index (χ0v) is 12.3. The van der Waals surface area contributed by atoms with Crippen molar-refractivity contribution in [2.45, 2.75) is 31.5 Å². The molecule has 1 aliphatic carbocycles. The van der Waals surface area contributed by atoms with Gasteiger partial charge in [0.25, 0.3) is 0 Å². The molecule has 1 amide bonds. The number of nitrogens with zero attached hydrogens (tertiary/aromatic N) is 1. The molecular formula is C14H17Cl2NO. The summed E-state index contributed by atoms with van der Waals surface area (Å²) in [5.74, 6) is -0.240. The largest absolute Gasteiger partial charge is 0.312 e. The van der Waals surface area contributed by atoms with Crippen molar-refractivity contribution in [3.05, 3.63) is 29.3 Å². The van der Waals surface area contributed by atoms with Gasteiger partial charge >= 0.3 is 0 Å². The first-order chi connectivity index (χ1) is 8.36. The number of carbonyl (C=O) groups is 1. The predicted octanol–water partition coefficient (Wildman–Crippen LogP) is 3.85. The summed E-state index contributed by atoms with van der Waals surface area (Å²) < 4.78 is -0.858. The number of carbonyl (C=O) groups excluding carboxylic acids is 1. The van der Waals surface area contributed by atoms with E-state index in [-0.39, 0.29) is 11.8 Å². The smallest absolute Gasteiger partial charge is 0.233 e. The number of aryl methyl sites for hydroxylation is 2. The third-order valence-corrected chi connectivity index (χ3v) is 4.18. The summed E-state index contributed by atoms with van der Waals surface area (Å²) in [6.07, 6.45) is 0.552. The van der Waals surface area contributed by atoms with E-state index in [9.17, 15) is 4.79 Å². The fourth-order valence-corrected chi connectivity index (χ4v) is 2.72. The van der Waals surface area contributed by atoms with Gasteiger partial charge in [-0.05, 0) is 38.8 Å². The maximum atomic E-state index is 12.3. The molecular weight excluding hydrogens is 269 g/mol. The molecule has 1 saturated carbocycles. The minimum absolute atomic E-state index is 0.0226. The number of hydrogen-bond acceptors (Lipinski definition) is 1. The first kappa shape index (κ1) is 13.7. The average molecular weight is 286 g/mol. The zero-order chi connectivity index (χ0) is 13.5.